The Kier molecular flexibility index (Phi) is 5.41. The van der Waals surface area contributed by atoms with Gasteiger partial charge in [0, 0.05) is 25.2 Å². The summed E-state index contributed by atoms with van der Waals surface area (Å²) in [6.07, 6.45) is 2.28. The van der Waals surface area contributed by atoms with Crippen molar-refractivity contribution in [2.24, 2.45) is 0 Å². The van der Waals surface area contributed by atoms with E-state index >= 15 is 0 Å². The van der Waals surface area contributed by atoms with Gasteiger partial charge in [0.05, 0.1) is 5.25 Å². The zero-order valence-electron chi connectivity index (χ0n) is 9.94. The number of halogens is 1. The number of piperazine rings is 1. The van der Waals surface area contributed by atoms with Crippen LogP contribution in [0, 0.1) is 0 Å². The van der Waals surface area contributed by atoms with Crippen LogP contribution in [0.15, 0.2) is 0 Å². The molecule has 2 aliphatic rings. The normalized spacial score (nSPS) is 34.6. The standard InChI is InChI=1S/C11H20N2OS.ClH/c1-8-7-13(9(2)6-12-8)11(14)10-4-3-5-15-10;/h8-10,12H,3-7H2,1-2H3;1H. The van der Waals surface area contributed by atoms with Crippen LogP contribution in [0.25, 0.3) is 0 Å². The first kappa shape index (κ1) is 14.1. The van der Waals surface area contributed by atoms with Crippen LogP contribution in [0.5, 0.6) is 0 Å². The Morgan fingerprint density at radius 1 is 1.44 bits per heavy atom. The Morgan fingerprint density at radius 3 is 2.81 bits per heavy atom. The first-order chi connectivity index (χ1) is 7.18. The van der Waals surface area contributed by atoms with E-state index in [1.807, 2.05) is 11.8 Å². The smallest absolute Gasteiger partial charge is 0.236 e. The molecule has 0 saturated carbocycles. The van der Waals surface area contributed by atoms with E-state index in [4.69, 9.17) is 0 Å². The molecule has 1 amide bonds. The fourth-order valence-corrected chi connectivity index (χ4v) is 3.52. The Balaban J connectivity index is 0.00000128. The van der Waals surface area contributed by atoms with Crippen LogP contribution in [-0.4, -0.2) is 47.0 Å². The van der Waals surface area contributed by atoms with Gasteiger partial charge in [-0.3, -0.25) is 4.79 Å². The lowest BCUT2D eigenvalue weighted by Gasteiger charge is -2.38. The molecule has 2 heterocycles. The molecule has 3 unspecified atom stereocenters. The first-order valence-electron chi connectivity index (χ1n) is 5.84. The van der Waals surface area contributed by atoms with Gasteiger partial charge < -0.3 is 10.2 Å². The summed E-state index contributed by atoms with van der Waals surface area (Å²) in [5.74, 6) is 1.53. The summed E-state index contributed by atoms with van der Waals surface area (Å²) >= 11 is 1.84. The van der Waals surface area contributed by atoms with Crippen molar-refractivity contribution in [1.82, 2.24) is 10.2 Å². The summed E-state index contributed by atoms with van der Waals surface area (Å²) < 4.78 is 0. The SMILES string of the molecule is CC1CN(C(=O)C2CCCS2)C(C)CN1.Cl. The van der Waals surface area contributed by atoms with Crippen molar-refractivity contribution in [3.8, 4) is 0 Å². The minimum atomic E-state index is 0. The lowest BCUT2D eigenvalue weighted by molar-refractivity contribution is -0.134. The number of nitrogens with zero attached hydrogens (tertiary/aromatic N) is 1. The minimum absolute atomic E-state index is 0. The Labute approximate surface area is 108 Å². The lowest BCUT2D eigenvalue weighted by Crippen LogP contribution is -2.57. The molecule has 0 radical (unpaired) electrons. The molecule has 2 rings (SSSR count). The van der Waals surface area contributed by atoms with Crippen LogP contribution >= 0.6 is 24.2 Å². The van der Waals surface area contributed by atoms with E-state index in [-0.39, 0.29) is 17.7 Å². The number of thioether (sulfide) groups is 1. The number of nitrogens with one attached hydrogen (secondary N) is 1. The van der Waals surface area contributed by atoms with E-state index in [0.29, 0.717) is 18.0 Å². The fourth-order valence-electron chi connectivity index (χ4n) is 2.29. The molecule has 1 N–H and O–H groups in total. The summed E-state index contributed by atoms with van der Waals surface area (Å²) in [5, 5.41) is 3.65. The summed E-state index contributed by atoms with van der Waals surface area (Å²) in [5.41, 5.74) is 0. The van der Waals surface area contributed by atoms with Crippen molar-refractivity contribution in [3.05, 3.63) is 0 Å². The van der Waals surface area contributed by atoms with Crippen molar-refractivity contribution in [2.45, 2.75) is 44.0 Å². The maximum atomic E-state index is 12.2. The highest BCUT2D eigenvalue weighted by molar-refractivity contribution is 8.00. The number of amides is 1. The molecule has 94 valence electrons. The Hall–Kier alpha value is 0.0700. The molecule has 0 aliphatic carbocycles. The molecule has 3 nitrogen and oxygen atoms in total. The molecule has 2 saturated heterocycles. The summed E-state index contributed by atoms with van der Waals surface area (Å²) in [7, 11) is 0. The van der Waals surface area contributed by atoms with E-state index < -0.39 is 0 Å². The number of carbonyl (C=O) groups is 1. The fraction of sp³-hybridized carbons (Fsp3) is 0.909. The van der Waals surface area contributed by atoms with Crippen molar-refractivity contribution in [3.63, 3.8) is 0 Å². The Morgan fingerprint density at radius 2 is 2.19 bits per heavy atom. The molecule has 3 atom stereocenters. The third kappa shape index (κ3) is 3.05. The van der Waals surface area contributed by atoms with Crippen LogP contribution in [0.3, 0.4) is 0 Å². The number of hydrogen-bond donors (Lipinski definition) is 1. The van der Waals surface area contributed by atoms with Gasteiger partial charge in [-0.05, 0) is 32.4 Å². The molecule has 0 spiro atoms. The quantitative estimate of drug-likeness (QED) is 0.779. The van der Waals surface area contributed by atoms with Gasteiger partial charge in [-0.15, -0.1) is 24.2 Å². The van der Waals surface area contributed by atoms with Gasteiger partial charge in [-0.2, -0.15) is 0 Å². The number of hydrogen-bond acceptors (Lipinski definition) is 3. The van der Waals surface area contributed by atoms with E-state index in [1.54, 1.807) is 0 Å². The summed E-state index contributed by atoms with van der Waals surface area (Å²) in [6.45, 7) is 6.09. The second-order valence-electron chi connectivity index (χ2n) is 4.65. The average molecular weight is 265 g/mol. The molecular formula is C11H21ClN2OS. The third-order valence-electron chi connectivity index (χ3n) is 3.25. The monoisotopic (exact) mass is 264 g/mol. The van der Waals surface area contributed by atoms with Crippen molar-refractivity contribution in [1.29, 1.82) is 0 Å². The highest BCUT2D eigenvalue weighted by atomic mass is 35.5. The number of carbonyl (C=O) groups excluding carboxylic acids is 1. The zero-order chi connectivity index (χ0) is 10.8. The largest absolute Gasteiger partial charge is 0.336 e. The summed E-state index contributed by atoms with van der Waals surface area (Å²) in [4.78, 5) is 14.3. The average Bonchev–Trinajstić information content (AvgIpc) is 2.74. The van der Waals surface area contributed by atoms with Crippen molar-refractivity contribution < 1.29 is 4.79 Å². The van der Waals surface area contributed by atoms with E-state index in [1.165, 1.54) is 6.42 Å². The second-order valence-corrected chi connectivity index (χ2v) is 5.96. The molecule has 5 heteroatoms. The van der Waals surface area contributed by atoms with E-state index in [2.05, 4.69) is 24.1 Å². The van der Waals surface area contributed by atoms with Crippen LogP contribution in [0.2, 0.25) is 0 Å². The molecule has 16 heavy (non-hydrogen) atoms. The molecule has 2 aliphatic heterocycles. The van der Waals surface area contributed by atoms with Gasteiger partial charge in [-0.25, -0.2) is 0 Å². The molecule has 0 aromatic heterocycles. The van der Waals surface area contributed by atoms with Crippen LogP contribution in [0.4, 0.5) is 0 Å². The first-order valence-corrected chi connectivity index (χ1v) is 6.89. The van der Waals surface area contributed by atoms with Gasteiger partial charge in [0.2, 0.25) is 5.91 Å². The van der Waals surface area contributed by atoms with Gasteiger partial charge in [0.25, 0.3) is 0 Å². The Bertz CT molecular complexity index is 246. The highest BCUT2D eigenvalue weighted by Gasteiger charge is 2.33. The van der Waals surface area contributed by atoms with Crippen LogP contribution < -0.4 is 5.32 Å². The topological polar surface area (TPSA) is 32.3 Å². The minimum Gasteiger partial charge on any atom is -0.336 e. The third-order valence-corrected chi connectivity index (χ3v) is 4.62. The highest BCUT2D eigenvalue weighted by Crippen LogP contribution is 2.28. The second kappa shape index (κ2) is 6.12. The predicted molar refractivity (Wildman–Crippen MR) is 71.4 cm³/mol. The van der Waals surface area contributed by atoms with Gasteiger partial charge in [-0.1, -0.05) is 0 Å². The molecule has 0 aromatic carbocycles. The predicted octanol–water partition coefficient (Wildman–Crippen LogP) is 1.51. The van der Waals surface area contributed by atoms with Crippen molar-refractivity contribution >= 4 is 30.1 Å². The molecule has 2 fully saturated rings. The molecule has 0 bridgehead atoms. The molecule has 0 aromatic rings. The van der Waals surface area contributed by atoms with Gasteiger partial charge in [0.1, 0.15) is 0 Å². The number of rotatable bonds is 1. The van der Waals surface area contributed by atoms with Gasteiger partial charge >= 0.3 is 0 Å². The lowest BCUT2D eigenvalue weighted by atomic mass is 10.1. The maximum absolute atomic E-state index is 12.2. The van der Waals surface area contributed by atoms with Crippen LogP contribution in [-0.2, 0) is 4.79 Å². The maximum Gasteiger partial charge on any atom is 0.236 e. The van der Waals surface area contributed by atoms with Crippen molar-refractivity contribution in [2.75, 3.05) is 18.8 Å². The van der Waals surface area contributed by atoms with E-state index in [9.17, 15) is 4.79 Å². The summed E-state index contributed by atoms with van der Waals surface area (Å²) in [6, 6.07) is 0.798. The molecular weight excluding hydrogens is 244 g/mol. The van der Waals surface area contributed by atoms with Crippen LogP contribution in [0.1, 0.15) is 26.7 Å². The zero-order valence-corrected chi connectivity index (χ0v) is 11.6. The van der Waals surface area contributed by atoms with Gasteiger partial charge in [0.15, 0.2) is 0 Å². The van der Waals surface area contributed by atoms with E-state index in [0.717, 1.165) is 25.3 Å².